The van der Waals surface area contributed by atoms with Crippen molar-refractivity contribution in [3.63, 3.8) is 0 Å². The number of nitrogens with zero attached hydrogens (tertiary/aromatic N) is 1. The number of rotatable bonds is 1. The smallest absolute Gasteiger partial charge is 0.371 e. The van der Waals surface area contributed by atoms with Crippen LogP contribution in [-0.2, 0) is 7.05 Å². The lowest BCUT2D eigenvalue weighted by Gasteiger charge is -1.86. The Hall–Kier alpha value is -1.71. The van der Waals surface area contributed by atoms with Crippen molar-refractivity contribution in [1.82, 2.24) is 4.57 Å². The van der Waals surface area contributed by atoms with Crippen molar-refractivity contribution in [3.05, 3.63) is 24.1 Å². The predicted octanol–water partition coefficient (Wildman–Crippen LogP) is 1.47. The van der Waals surface area contributed by atoms with Crippen molar-refractivity contribution in [2.75, 3.05) is 0 Å². The standard InChI is InChI=1S/C8H7NO3/c1-9-3-2-6-5(9)4-7(12-6)8(10)11/h2-4H,1H3,(H,10,11). The lowest BCUT2D eigenvalue weighted by atomic mass is 10.4. The minimum atomic E-state index is -1.04. The van der Waals surface area contributed by atoms with E-state index in [4.69, 9.17) is 9.52 Å². The van der Waals surface area contributed by atoms with Crippen molar-refractivity contribution < 1.29 is 14.3 Å². The second-order valence-electron chi connectivity index (χ2n) is 2.59. The number of carboxylic acids is 1. The maximum absolute atomic E-state index is 10.5. The number of furan rings is 1. The van der Waals surface area contributed by atoms with Gasteiger partial charge < -0.3 is 14.1 Å². The van der Waals surface area contributed by atoms with Crippen LogP contribution in [0.15, 0.2) is 22.7 Å². The lowest BCUT2D eigenvalue weighted by Crippen LogP contribution is -1.92. The van der Waals surface area contributed by atoms with Gasteiger partial charge in [-0.3, -0.25) is 0 Å². The first-order valence-corrected chi connectivity index (χ1v) is 3.46. The van der Waals surface area contributed by atoms with Crippen LogP contribution in [-0.4, -0.2) is 15.6 Å². The molecule has 62 valence electrons. The molecule has 0 unspecified atom stereocenters. The zero-order valence-electron chi connectivity index (χ0n) is 6.44. The van der Waals surface area contributed by atoms with Gasteiger partial charge in [-0.2, -0.15) is 0 Å². The Morgan fingerprint density at radius 3 is 3.00 bits per heavy atom. The zero-order chi connectivity index (χ0) is 8.72. The Bertz CT molecular complexity index is 438. The molecule has 12 heavy (non-hydrogen) atoms. The lowest BCUT2D eigenvalue weighted by molar-refractivity contribution is 0.0665. The third-order valence-corrected chi connectivity index (χ3v) is 1.78. The average molecular weight is 165 g/mol. The molecule has 0 atom stereocenters. The van der Waals surface area contributed by atoms with Crippen LogP contribution in [0.3, 0.4) is 0 Å². The molecule has 0 fully saturated rings. The summed E-state index contributed by atoms with van der Waals surface area (Å²) in [4.78, 5) is 10.5. The van der Waals surface area contributed by atoms with Gasteiger partial charge in [0.15, 0.2) is 5.58 Å². The van der Waals surface area contributed by atoms with Crippen LogP contribution in [0.2, 0.25) is 0 Å². The number of fused-ring (bicyclic) bond motifs is 1. The highest BCUT2D eigenvalue weighted by molar-refractivity contribution is 5.90. The fourth-order valence-corrected chi connectivity index (χ4v) is 1.16. The van der Waals surface area contributed by atoms with Crippen molar-refractivity contribution in [2.24, 2.45) is 7.05 Å². The SMILES string of the molecule is Cn1ccc2oc(C(=O)O)cc21. The summed E-state index contributed by atoms with van der Waals surface area (Å²) in [7, 11) is 1.84. The minimum Gasteiger partial charge on any atom is -0.475 e. The highest BCUT2D eigenvalue weighted by atomic mass is 16.4. The van der Waals surface area contributed by atoms with E-state index in [0.717, 1.165) is 5.52 Å². The number of aryl methyl sites for hydroxylation is 1. The Balaban J connectivity index is 2.70. The first kappa shape index (κ1) is 6.97. The molecule has 1 N–H and O–H groups in total. The number of aromatic nitrogens is 1. The quantitative estimate of drug-likeness (QED) is 0.696. The van der Waals surface area contributed by atoms with E-state index in [2.05, 4.69) is 0 Å². The molecule has 0 aliphatic carbocycles. The highest BCUT2D eigenvalue weighted by Gasteiger charge is 2.11. The van der Waals surface area contributed by atoms with Gasteiger partial charge in [0.1, 0.15) is 0 Å². The van der Waals surface area contributed by atoms with E-state index in [9.17, 15) is 4.79 Å². The summed E-state index contributed by atoms with van der Waals surface area (Å²) in [5.41, 5.74) is 1.40. The van der Waals surface area contributed by atoms with Crippen LogP contribution in [0.5, 0.6) is 0 Å². The molecule has 2 rings (SSSR count). The second kappa shape index (κ2) is 2.14. The summed E-state index contributed by atoms with van der Waals surface area (Å²) >= 11 is 0. The normalized spacial score (nSPS) is 10.8. The van der Waals surface area contributed by atoms with Gasteiger partial charge in [0.05, 0.1) is 5.52 Å². The molecule has 4 heteroatoms. The van der Waals surface area contributed by atoms with Crippen LogP contribution < -0.4 is 0 Å². The van der Waals surface area contributed by atoms with E-state index in [0.29, 0.717) is 5.58 Å². The van der Waals surface area contributed by atoms with Gasteiger partial charge in [0.2, 0.25) is 5.76 Å². The number of aromatic carboxylic acids is 1. The molecule has 0 aromatic carbocycles. The Morgan fingerprint density at radius 1 is 1.67 bits per heavy atom. The van der Waals surface area contributed by atoms with E-state index >= 15 is 0 Å². The number of hydrogen-bond donors (Lipinski definition) is 1. The Labute approximate surface area is 68.0 Å². The molecule has 2 heterocycles. The Kier molecular flexibility index (Phi) is 1.24. The molecule has 0 bridgehead atoms. The molecular weight excluding hydrogens is 158 g/mol. The largest absolute Gasteiger partial charge is 0.475 e. The van der Waals surface area contributed by atoms with Gasteiger partial charge in [-0.15, -0.1) is 0 Å². The summed E-state index contributed by atoms with van der Waals surface area (Å²) in [6.07, 6.45) is 1.82. The fraction of sp³-hybridized carbons (Fsp3) is 0.125. The monoisotopic (exact) mass is 165 g/mol. The van der Waals surface area contributed by atoms with Crippen molar-refractivity contribution in [2.45, 2.75) is 0 Å². The van der Waals surface area contributed by atoms with E-state index in [1.165, 1.54) is 6.07 Å². The highest BCUT2D eigenvalue weighted by Crippen LogP contribution is 2.19. The molecule has 0 aliphatic rings. The third-order valence-electron chi connectivity index (χ3n) is 1.78. The second-order valence-corrected chi connectivity index (χ2v) is 2.59. The summed E-state index contributed by atoms with van der Waals surface area (Å²) in [5.74, 6) is -1.05. The van der Waals surface area contributed by atoms with Gasteiger partial charge in [0.25, 0.3) is 0 Å². The van der Waals surface area contributed by atoms with E-state index in [1.807, 2.05) is 17.8 Å². The maximum atomic E-state index is 10.5. The van der Waals surface area contributed by atoms with Crippen molar-refractivity contribution in [1.29, 1.82) is 0 Å². The molecule has 2 aromatic heterocycles. The van der Waals surface area contributed by atoms with Crippen molar-refractivity contribution >= 4 is 17.1 Å². The molecular formula is C8H7NO3. The molecule has 0 saturated heterocycles. The average Bonchev–Trinajstić information content (AvgIpc) is 2.53. The van der Waals surface area contributed by atoms with Gasteiger partial charge in [0, 0.05) is 19.3 Å². The molecule has 0 saturated carbocycles. The number of hydrogen-bond acceptors (Lipinski definition) is 2. The Morgan fingerprint density at radius 2 is 2.42 bits per heavy atom. The van der Waals surface area contributed by atoms with Crippen LogP contribution >= 0.6 is 0 Å². The predicted molar refractivity (Wildman–Crippen MR) is 42.1 cm³/mol. The molecule has 4 nitrogen and oxygen atoms in total. The zero-order valence-corrected chi connectivity index (χ0v) is 6.44. The summed E-state index contributed by atoms with van der Waals surface area (Å²) in [6, 6.07) is 3.25. The molecule has 0 amide bonds. The first-order chi connectivity index (χ1) is 5.68. The molecule has 0 spiro atoms. The van der Waals surface area contributed by atoms with Gasteiger partial charge in [-0.05, 0) is 6.07 Å². The van der Waals surface area contributed by atoms with Gasteiger partial charge in [-0.1, -0.05) is 0 Å². The molecule has 0 radical (unpaired) electrons. The van der Waals surface area contributed by atoms with Crippen LogP contribution in [0.4, 0.5) is 0 Å². The number of carbonyl (C=O) groups is 1. The number of carboxylic acid groups (broad SMARTS) is 1. The summed E-state index contributed by atoms with van der Waals surface area (Å²) in [5, 5.41) is 8.59. The van der Waals surface area contributed by atoms with Crippen LogP contribution in [0.1, 0.15) is 10.6 Å². The van der Waals surface area contributed by atoms with E-state index < -0.39 is 5.97 Å². The van der Waals surface area contributed by atoms with Gasteiger partial charge >= 0.3 is 5.97 Å². The summed E-state index contributed by atoms with van der Waals surface area (Å²) in [6.45, 7) is 0. The van der Waals surface area contributed by atoms with E-state index in [-0.39, 0.29) is 5.76 Å². The minimum absolute atomic E-state index is 0.0174. The first-order valence-electron chi connectivity index (χ1n) is 3.46. The van der Waals surface area contributed by atoms with Crippen LogP contribution in [0, 0.1) is 0 Å². The topological polar surface area (TPSA) is 55.4 Å². The van der Waals surface area contributed by atoms with Gasteiger partial charge in [-0.25, -0.2) is 4.79 Å². The van der Waals surface area contributed by atoms with Crippen molar-refractivity contribution in [3.8, 4) is 0 Å². The summed E-state index contributed by atoms with van der Waals surface area (Å²) < 4.78 is 6.84. The molecule has 0 aliphatic heterocycles. The van der Waals surface area contributed by atoms with E-state index in [1.54, 1.807) is 6.07 Å². The van der Waals surface area contributed by atoms with Crippen LogP contribution in [0.25, 0.3) is 11.1 Å². The third kappa shape index (κ3) is 0.812. The fourth-order valence-electron chi connectivity index (χ4n) is 1.16. The molecule has 2 aromatic rings. The maximum Gasteiger partial charge on any atom is 0.371 e.